The fraction of sp³-hybridized carbons (Fsp3) is 0.200. The Balaban J connectivity index is 2.41. The van der Waals surface area contributed by atoms with E-state index in [1.807, 2.05) is 0 Å². The van der Waals surface area contributed by atoms with E-state index in [0.717, 1.165) is 0 Å². The number of fused-ring (bicyclic) bond motifs is 1. The lowest BCUT2D eigenvalue weighted by atomic mass is 10.2. The molecule has 0 spiro atoms. The normalized spacial score (nSPS) is 14.3. The molecular formula is C10H9FN2O3. The molecule has 0 saturated carbocycles. The molecule has 1 amide bonds. The smallest absolute Gasteiger partial charge is 0.323 e. The molecular weight excluding hydrogens is 215 g/mol. The predicted octanol–water partition coefficient (Wildman–Crippen LogP) is 0.669. The Kier molecular flexibility index (Phi) is 2.47. The minimum Gasteiger partial charge on any atom is -0.480 e. The average molecular weight is 224 g/mol. The van der Waals surface area contributed by atoms with Gasteiger partial charge in [-0.15, -0.1) is 0 Å². The molecule has 0 aliphatic carbocycles. The predicted molar refractivity (Wildman–Crippen MR) is 54.9 cm³/mol. The van der Waals surface area contributed by atoms with E-state index in [1.54, 1.807) is 6.07 Å². The molecule has 0 aromatic heterocycles. The molecule has 0 unspecified atom stereocenters. The Bertz CT molecular complexity index is 461. The number of amides is 1. The van der Waals surface area contributed by atoms with E-state index >= 15 is 0 Å². The van der Waals surface area contributed by atoms with Crippen molar-refractivity contribution >= 4 is 23.3 Å². The van der Waals surface area contributed by atoms with Gasteiger partial charge in [0.15, 0.2) is 0 Å². The van der Waals surface area contributed by atoms with Crippen LogP contribution >= 0.6 is 0 Å². The number of aliphatic carboxylic acids is 1. The summed E-state index contributed by atoms with van der Waals surface area (Å²) in [5.41, 5.74) is 0.432. The Labute approximate surface area is 90.5 Å². The zero-order valence-electron chi connectivity index (χ0n) is 8.24. The third-order valence-corrected chi connectivity index (χ3v) is 2.26. The molecule has 5 nitrogen and oxygen atoms in total. The standard InChI is InChI=1S/C10H9FN2O3/c11-6-2-1-3-7-10(6)12-8(14)4-13(7)5-9(15)16/h1-3H,4-5H2,(H,12,14)(H,15,16). The van der Waals surface area contributed by atoms with Crippen molar-refractivity contribution in [3.05, 3.63) is 24.0 Å². The summed E-state index contributed by atoms with van der Waals surface area (Å²) >= 11 is 0. The molecule has 1 aliphatic heterocycles. The topological polar surface area (TPSA) is 69.6 Å². The number of carboxylic acid groups (broad SMARTS) is 1. The van der Waals surface area contributed by atoms with Gasteiger partial charge in [0, 0.05) is 0 Å². The van der Waals surface area contributed by atoms with E-state index in [1.165, 1.54) is 17.0 Å². The lowest BCUT2D eigenvalue weighted by molar-refractivity contribution is -0.135. The Morgan fingerprint density at radius 1 is 1.56 bits per heavy atom. The van der Waals surface area contributed by atoms with E-state index in [0.29, 0.717) is 5.69 Å². The summed E-state index contributed by atoms with van der Waals surface area (Å²) in [6, 6.07) is 4.25. The van der Waals surface area contributed by atoms with E-state index in [9.17, 15) is 14.0 Å². The van der Waals surface area contributed by atoms with Crippen LogP contribution in [0.4, 0.5) is 15.8 Å². The van der Waals surface area contributed by atoms with Crippen LogP contribution in [-0.2, 0) is 9.59 Å². The van der Waals surface area contributed by atoms with Crippen LogP contribution in [0.1, 0.15) is 0 Å². The maximum absolute atomic E-state index is 13.4. The van der Waals surface area contributed by atoms with Gasteiger partial charge >= 0.3 is 5.97 Å². The third-order valence-electron chi connectivity index (χ3n) is 2.26. The highest BCUT2D eigenvalue weighted by molar-refractivity contribution is 6.02. The second-order valence-corrected chi connectivity index (χ2v) is 3.43. The van der Waals surface area contributed by atoms with Crippen LogP contribution in [0, 0.1) is 5.82 Å². The molecule has 1 aromatic rings. The molecule has 0 bridgehead atoms. The van der Waals surface area contributed by atoms with Gasteiger partial charge < -0.3 is 15.3 Å². The SMILES string of the molecule is O=C(O)CN1CC(=O)Nc2c(F)cccc21. The van der Waals surface area contributed by atoms with Crippen LogP contribution in [-0.4, -0.2) is 30.1 Å². The molecule has 1 aliphatic rings. The molecule has 0 atom stereocenters. The van der Waals surface area contributed by atoms with Gasteiger partial charge in [0.25, 0.3) is 0 Å². The summed E-state index contributed by atoms with van der Waals surface area (Å²) in [6.07, 6.45) is 0. The monoisotopic (exact) mass is 224 g/mol. The van der Waals surface area contributed by atoms with E-state index in [2.05, 4.69) is 5.32 Å². The van der Waals surface area contributed by atoms with Crippen molar-refractivity contribution < 1.29 is 19.1 Å². The minimum absolute atomic E-state index is 0.0417. The van der Waals surface area contributed by atoms with Crippen molar-refractivity contribution in [2.45, 2.75) is 0 Å². The Morgan fingerprint density at radius 2 is 2.31 bits per heavy atom. The second-order valence-electron chi connectivity index (χ2n) is 3.43. The summed E-state index contributed by atoms with van der Waals surface area (Å²) < 4.78 is 13.4. The number of nitrogens with zero attached hydrogens (tertiary/aromatic N) is 1. The zero-order chi connectivity index (χ0) is 11.7. The van der Waals surface area contributed by atoms with Gasteiger partial charge in [0.1, 0.15) is 18.0 Å². The molecule has 1 aromatic carbocycles. The second kappa shape index (κ2) is 3.80. The highest BCUT2D eigenvalue weighted by atomic mass is 19.1. The largest absolute Gasteiger partial charge is 0.480 e. The molecule has 6 heteroatoms. The van der Waals surface area contributed by atoms with Crippen LogP contribution in [0.2, 0.25) is 0 Å². The van der Waals surface area contributed by atoms with Crippen LogP contribution in [0.5, 0.6) is 0 Å². The average Bonchev–Trinajstić information content (AvgIpc) is 2.18. The van der Waals surface area contributed by atoms with Crippen molar-refractivity contribution in [2.75, 3.05) is 23.3 Å². The fourth-order valence-electron chi connectivity index (χ4n) is 1.64. The lowest BCUT2D eigenvalue weighted by Gasteiger charge is -2.29. The van der Waals surface area contributed by atoms with Crippen LogP contribution in [0.3, 0.4) is 0 Å². The van der Waals surface area contributed by atoms with E-state index in [4.69, 9.17) is 5.11 Å². The number of hydrogen-bond acceptors (Lipinski definition) is 3. The number of anilines is 2. The molecule has 0 radical (unpaired) electrons. The van der Waals surface area contributed by atoms with Crippen LogP contribution in [0.15, 0.2) is 18.2 Å². The highest BCUT2D eigenvalue weighted by Gasteiger charge is 2.25. The van der Waals surface area contributed by atoms with Crippen molar-refractivity contribution in [3.8, 4) is 0 Å². The number of benzene rings is 1. The van der Waals surface area contributed by atoms with E-state index in [-0.39, 0.29) is 18.8 Å². The molecule has 84 valence electrons. The van der Waals surface area contributed by atoms with Gasteiger partial charge in [0.05, 0.1) is 12.2 Å². The van der Waals surface area contributed by atoms with Gasteiger partial charge in [-0.05, 0) is 12.1 Å². The molecule has 0 fully saturated rings. The molecule has 16 heavy (non-hydrogen) atoms. The summed E-state index contributed by atoms with van der Waals surface area (Å²) in [4.78, 5) is 23.2. The number of rotatable bonds is 2. The molecule has 0 saturated heterocycles. The Morgan fingerprint density at radius 3 is 3.00 bits per heavy atom. The first-order valence-corrected chi connectivity index (χ1v) is 4.63. The van der Waals surface area contributed by atoms with E-state index < -0.39 is 17.7 Å². The zero-order valence-corrected chi connectivity index (χ0v) is 8.24. The maximum atomic E-state index is 13.4. The Hall–Kier alpha value is -2.11. The minimum atomic E-state index is -1.06. The van der Waals surface area contributed by atoms with Crippen molar-refractivity contribution in [3.63, 3.8) is 0 Å². The van der Waals surface area contributed by atoms with Gasteiger partial charge in [0.2, 0.25) is 5.91 Å². The molecule has 2 rings (SSSR count). The molecule has 1 heterocycles. The first-order valence-electron chi connectivity index (χ1n) is 4.63. The third kappa shape index (κ3) is 1.81. The highest BCUT2D eigenvalue weighted by Crippen LogP contribution is 2.31. The summed E-state index contributed by atoms with van der Waals surface area (Å²) in [7, 11) is 0. The number of nitrogens with one attached hydrogen (secondary N) is 1. The quantitative estimate of drug-likeness (QED) is 0.774. The summed E-state index contributed by atoms with van der Waals surface area (Å²) in [5, 5.41) is 11.1. The van der Waals surface area contributed by atoms with Crippen LogP contribution < -0.4 is 10.2 Å². The number of carbonyl (C=O) groups is 2. The van der Waals surface area contributed by atoms with Crippen molar-refractivity contribution in [1.29, 1.82) is 0 Å². The number of carbonyl (C=O) groups excluding carboxylic acids is 1. The maximum Gasteiger partial charge on any atom is 0.323 e. The number of carboxylic acids is 1. The summed E-state index contributed by atoms with van der Waals surface area (Å²) in [5.74, 6) is -2.05. The lowest BCUT2D eigenvalue weighted by Crippen LogP contribution is -2.41. The van der Waals surface area contributed by atoms with Crippen molar-refractivity contribution in [2.24, 2.45) is 0 Å². The van der Waals surface area contributed by atoms with Crippen molar-refractivity contribution in [1.82, 2.24) is 0 Å². The fourth-order valence-corrected chi connectivity index (χ4v) is 1.64. The summed E-state index contributed by atoms with van der Waals surface area (Å²) in [6.45, 7) is -0.410. The number of para-hydroxylation sites is 1. The molecule has 2 N–H and O–H groups in total. The van der Waals surface area contributed by atoms with Gasteiger partial charge in [-0.1, -0.05) is 6.07 Å². The van der Waals surface area contributed by atoms with Gasteiger partial charge in [-0.2, -0.15) is 0 Å². The number of hydrogen-bond donors (Lipinski definition) is 2. The first-order chi connectivity index (χ1) is 7.58. The van der Waals surface area contributed by atoms with Crippen LogP contribution in [0.25, 0.3) is 0 Å². The first kappa shape index (κ1) is 10.4. The number of halogens is 1. The van der Waals surface area contributed by atoms with Gasteiger partial charge in [-0.3, -0.25) is 9.59 Å². The van der Waals surface area contributed by atoms with Gasteiger partial charge in [-0.25, -0.2) is 4.39 Å².